The normalized spacial score (nSPS) is 10.7. The van der Waals surface area contributed by atoms with E-state index < -0.39 is 0 Å². The number of hydrogen-bond acceptors (Lipinski definition) is 3. The Labute approximate surface area is 156 Å². The number of nitrogens with one attached hydrogen (secondary N) is 1. The van der Waals surface area contributed by atoms with Gasteiger partial charge < -0.3 is 10.2 Å². The number of carbonyl (C=O) groups is 1. The van der Waals surface area contributed by atoms with Gasteiger partial charge in [-0.05, 0) is 55.3 Å². The first kappa shape index (κ1) is 17.4. The fourth-order valence-electron chi connectivity index (χ4n) is 2.79. The zero-order valence-corrected chi connectivity index (χ0v) is 16.1. The largest absolute Gasteiger partial charge is 0.350 e. The number of halogens is 1. The average molecular weight is 398 g/mol. The highest BCUT2D eigenvalue weighted by Gasteiger charge is 2.12. The lowest BCUT2D eigenvalue weighted by atomic mass is 10.1. The molecule has 1 amide bonds. The van der Waals surface area contributed by atoms with Crippen LogP contribution in [0.15, 0.2) is 53.0 Å². The van der Waals surface area contributed by atoms with E-state index in [0.29, 0.717) is 0 Å². The minimum atomic E-state index is -0.0578. The van der Waals surface area contributed by atoms with Crippen LogP contribution in [0.3, 0.4) is 0 Å². The summed E-state index contributed by atoms with van der Waals surface area (Å²) < 4.78 is 1.02. The lowest BCUT2D eigenvalue weighted by Gasteiger charge is -2.19. The molecule has 1 aromatic heterocycles. The van der Waals surface area contributed by atoms with Crippen LogP contribution in [0.1, 0.15) is 11.1 Å². The van der Waals surface area contributed by atoms with Gasteiger partial charge in [0.15, 0.2) is 0 Å². The molecule has 1 heterocycles. The standard InChI is InChI=1S/C20H20BrN3O/c1-13-5-4-6-14(2)20(13)23-19(25)12-24(3)18-10-7-15-11-16(21)8-9-17(15)22-18/h4-11H,12H2,1-3H3,(H,23,25). The summed E-state index contributed by atoms with van der Waals surface area (Å²) in [5, 5.41) is 4.07. The summed E-state index contributed by atoms with van der Waals surface area (Å²) >= 11 is 3.46. The predicted molar refractivity (Wildman–Crippen MR) is 107 cm³/mol. The van der Waals surface area contributed by atoms with Crippen molar-refractivity contribution in [3.05, 3.63) is 64.1 Å². The van der Waals surface area contributed by atoms with Gasteiger partial charge in [0.05, 0.1) is 12.1 Å². The van der Waals surface area contributed by atoms with Crippen molar-refractivity contribution < 1.29 is 4.79 Å². The number of pyridine rings is 1. The van der Waals surface area contributed by atoms with E-state index in [-0.39, 0.29) is 12.5 Å². The number of aryl methyl sites for hydroxylation is 2. The molecule has 3 rings (SSSR count). The summed E-state index contributed by atoms with van der Waals surface area (Å²) in [4.78, 5) is 18.9. The smallest absolute Gasteiger partial charge is 0.243 e. The maximum absolute atomic E-state index is 12.4. The molecule has 0 spiro atoms. The maximum atomic E-state index is 12.4. The maximum Gasteiger partial charge on any atom is 0.243 e. The molecular formula is C20H20BrN3O. The van der Waals surface area contributed by atoms with Gasteiger partial charge in [0.2, 0.25) is 5.91 Å². The zero-order valence-electron chi connectivity index (χ0n) is 14.5. The molecule has 0 bridgehead atoms. The molecule has 25 heavy (non-hydrogen) atoms. The van der Waals surface area contributed by atoms with Crippen LogP contribution < -0.4 is 10.2 Å². The topological polar surface area (TPSA) is 45.2 Å². The van der Waals surface area contributed by atoms with Gasteiger partial charge in [-0.25, -0.2) is 4.98 Å². The van der Waals surface area contributed by atoms with Crippen LogP contribution in [-0.4, -0.2) is 24.5 Å². The number of benzene rings is 2. The van der Waals surface area contributed by atoms with Crippen LogP contribution in [-0.2, 0) is 4.79 Å². The second-order valence-electron chi connectivity index (χ2n) is 6.18. The van der Waals surface area contributed by atoms with Crippen molar-refractivity contribution in [2.24, 2.45) is 0 Å². The van der Waals surface area contributed by atoms with E-state index in [2.05, 4.69) is 26.2 Å². The molecule has 0 saturated heterocycles. The third-order valence-electron chi connectivity index (χ3n) is 4.15. The number of amides is 1. The Balaban J connectivity index is 1.74. The van der Waals surface area contributed by atoms with Crippen LogP contribution in [0.2, 0.25) is 0 Å². The molecule has 0 fully saturated rings. The van der Waals surface area contributed by atoms with E-state index in [1.165, 1.54) is 0 Å². The molecule has 0 aliphatic carbocycles. The molecule has 4 nitrogen and oxygen atoms in total. The minimum absolute atomic E-state index is 0.0578. The van der Waals surface area contributed by atoms with Crippen LogP contribution in [0.5, 0.6) is 0 Å². The second kappa shape index (κ2) is 7.23. The molecule has 0 unspecified atom stereocenters. The summed E-state index contributed by atoms with van der Waals surface area (Å²) in [5.74, 6) is 0.712. The molecule has 0 saturated carbocycles. The minimum Gasteiger partial charge on any atom is -0.350 e. The highest BCUT2D eigenvalue weighted by molar-refractivity contribution is 9.10. The first-order valence-electron chi connectivity index (χ1n) is 8.07. The number of hydrogen-bond donors (Lipinski definition) is 1. The number of carbonyl (C=O) groups excluding carboxylic acids is 1. The average Bonchev–Trinajstić information content (AvgIpc) is 2.57. The molecule has 1 N–H and O–H groups in total. The molecule has 0 atom stereocenters. The van der Waals surface area contributed by atoms with Gasteiger partial charge >= 0.3 is 0 Å². The quantitative estimate of drug-likeness (QED) is 0.694. The summed E-state index contributed by atoms with van der Waals surface area (Å²) in [7, 11) is 1.87. The van der Waals surface area contributed by atoms with Crippen molar-refractivity contribution >= 4 is 44.2 Å². The fraction of sp³-hybridized carbons (Fsp3) is 0.200. The molecule has 5 heteroatoms. The molecule has 128 valence electrons. The molecule has 0 radical (unpaired) electrons. The first-order valence-corrected chi connectivity index (χ1v) is 8.87. The molecule has 2 aromatic carbocycles. The van der Waals surface area contributed by atoms with Gasteiger partial charge in [0.1, 0.15) is 5.82 Å². The van der Waals surface area contributed by atoms with E-state index in [1.54, 1.807) is 0 Å². The molecule has 3 aromatic rings. The number of aromatic nitrogens is 1. The summed E-state index contributed by atoms with van der Waals surface area (Å²) in [5.41, 5.74) is 3.91. The van der Waals surface area contributed by atoms with Crippen LogP contribution >= 0.6 is 15.9 Å². The lowest BCUT2D eigenvalue weighted by Crippen LogP contribution is -2.31. The molecule has 0 aliphatic rings. The number of nitrogens with zero attached hydrogens (tertiary/aromatic N) is 2. The zero-order chi connectivity index (χ0) is 18.0. The Hall–Kier alpha value is -2.40. The second-order valence-corrected chi connectivity index (χ2v) is 7.09. The van der Waals surface area contributed by atoms with Gasteiger partial charge in [-0.3, -0.25) is 4.79 Å². The Bertz CT molecular complexity index is 919. The van der Waals surface area contributed by atoms with Gasteiger partial charge in [0.25, 0.3) is 0 Å². The van der Waals surface area contributed by atoms with Gasteiger partial charge in [0, 0.05) is 22.6 Å². The van der Waals surface area contributed by atoms with Gasteiger partial charge in [-0.15, -0.1) is 0 Å². The molecule has 0 aliphatic heterocycles. The predicted octanol–water partition coefficient (Wildman–Crippen LogP) is 4.69. The summed E-state index contributed by atoms with van der Waals surface area (Å²) in [6.45, 7) is 4.23. The SMILES string of the molecule is Cc1cccc(C)c1NC(=O)CN(C)c1ccc2cc(Br)ccc2n1. The van der Waals surface area contributed by atoms with E-state index >= 15 is 0 Å². The van der Waals surface area contributed by atoms with Crippen molar-refractivity contribution in [1.82, 2.24) is 4.98 Å². The first-order chi connectivity index (χ1) is 11.9. The lowest BCUT2D eigenvalue weighted by molar-refractivity contribution is -0.114. The number of fused-ring (bicyclic) bond motifs is 1. The number of rotatable bonds is 4. The van der Waals surface area contributed by atoms with Gasteiger partial charge in [-0.1, -0.05) is 34.1 Å². The third kappa shape index (κ3) is 3.99. The highest BCUT2D eigenvalue weighted by Crippen LogP contribution is 2.22. The number of likely N-dealkylation sites (N-methyl/N-ethyl adjacent to an activating group) is 1. The monoisotopic (exact) mass is 397 g/mol. The van der Waals surface area contributed by atoms with Gasteiger partial charge in [-0.2, -0.15) is 0 Å². The van der Waals surface area contributed by atoms with Crippen LogP contribution in [0.25, 0.3) is 10.9 Å². The third-order valence-corrected chi connectivity index (χ3v) is 4.65. The summed E-state index contributed by atoms with van der Waals surface area (Å²) in [6, 6.07) is 15.9. The Morgan fingerprint density at radius 1 is 1.12 bits per heavy atom. The molecular weight excluding hydrogens is 378 g/mol. The van der Waals surface area contributed by atoms with Crippen molar-refractivity contribution in [1.29, 1.82) is 0 Å². The van der Waals surface area contributed by atoms with Crippen molar-refractivity contribution in [3.63, 3.8) is 0 Å². The highest BCUT2D eigenvalue weighted by atomic mass is 79.9. The van der Waals surface area contributed by atoms with Crippen LogP contribution in [0, 0.1) is 13.8 Å². The van der Waals surface area contributed by atoms with Crippen molar-refractivity contribution in [2.75, 3.05) is 23.8 Å². The number of anilines is 2. The van der Waals surface area contributed by atoms with E-state index in [4.69, 9.17) is 0 Å². The van der Waals surface area contributed by atoms with E-state index in [0.717, 1.165) is 38.0 Å². The van der Waals surface area contributed by atoms with E-state index in [9.17, 15) is 4.79 Å². The van der Waals surface area contributed by atoms with E-state index in [1.807, 2.05) is 74.3 Å². The Morgan fingerprint density at radius 3 is 2.56 bits per heavy atom. The Kier molecular flexibility index (Phi) is 5.04. The summed E-state index contributed by atoms with van der Waals surface area (Å²) in [6.07, 6.45) is 0. The van der Waals surface area contributed by atoms with Crippen molar-refractivity contribution in [2.45, 2.75) is 13.8 Å². The van der Waals surface area contributed by atoms with Crippen LogP contribution in [0.4, 0.5) is 11.5 Å². The van der Waals surface area contributed by atoms with Crippen molar-refractivity contribution in [3.8, 4) is 0 Å². The Morgan fingerprint density at radius 2 is 1.84 bits per heavy atom. The fourth-order valence-corrected chi connectivity index (χ4v) is 3.16. The number of para-hydroxylation sites is 1.